The van der Waals surface area contributed by atoms with Crippen LogP contribution in [0.25, 0.3) is 0 Å². The van der Waals surface area contributed by atoms with E-state index in [9.17, 15) is 4.79 Å². The summed E-state index contributed by atoms with van der Waals surface area (Å²) in [5.74, 6) is 6.12. The minimum absolute atomic E-state index is 0.0567. The molecule has 0 spiro atoms. The maximum absolute atomic E-state index is 11.8. The maximum atomic E-state index is 11.8. The number of hydrogen-bond donors (Lipinski definition) is 0. The molecule has 108 valence electrons. The highest BCUT2D eigenvalue weighted by Crippen LogP contribution is 2.30. The number of benzene rings is 2. The van der Waals surface area contributed by atoms with Crippen LogP contribution in [0, 0.1) is 11.8 Å². The van der Waals surface area contributed by atoms with E-state index in [-0.39, 0.29) is 11.9 Å². The Hall–Kier alpha value is -2.86. The topological polar surface area (TPSA) is 32.7 Å². The molecule has 2 aromatic rings. The zero-order valence-corrected chi connectivity index (χ0v) is 12.4. The van der Waals surface area contributed by atoms with Gasteiger partial charge < -0.3 is 0 Å². The van der Waals surface area contributed by atoms with E-state index in [1.165, 1.54) is 11.9 Å². The quantitative estimate of drug-likeness (QED) is 0.740. The summed E-state index contributed by atoms with van der Waals surface area (Å²) < 4.78 is 0. The van der Waals surface area contributed by atoms with E-state index in [2.05, 4.69) is 16.9 Å². The highest BCUT2D eigenvalue weighted by molar-refractivity contribution is 6.03. The van der Waals surface area contributed by atoms with Crippen molar-refractivity contribution in [3.63, 3.8) is 0 Å². The standard InChI is InChI=1S/C19H16N2O/c1-15(22)21-19(17-10-6-3-7-11-17)14-18(20-21)13-12-16-8-4-2-5-9-16/h2-11,19H,14H2,1H3. The van der Waals surface area contributed by atoms with Gasteiger partial charge in [-0.2, -0.15) is 5.10 Å². The predicted molar refractivity (Wildman–Crippen MR) is 87.1 cm³/mol. The molecule has 1 aliphatic rings. The van der Waals surface area contributed by atoms with Gasteiger partial charge in [-0.3, -0.25) is 4.79 Å². The molecule has 0 aromatic heterocycles. The van der Waals surface area contributed by atoms with E-state index in [0.29, 0.717) is 6.42 Å². The number of carbonyl (C=O) groups is 1. The third kappa shape index (κ3) is 3.07. The zero-order valence-electron chi connectivity index (χ0n) is 12.4. The van der Waals surface area contributed by atoms with Crippen LogP contribution < -0.4 is 0 Å². The van der Waals surface area contributed by atoms with Crippen molar-refractivity contribution in [2.75, 3.05) is 0 Å². The van der Waals surface area contributed by atoms with Crippen LogP contribution in [0.4, 0.5) is 0 Å². The van der Waals surface area contributed by atoms with Crippen molar-refractivity contribution in [2.24, 2.45) is 5.10 Å². The summed E-state index contributed by atoms with van der Waals surface area (Å²) >= 11 is 0. The fourth-order valence-electron chi connectivity index (χ4n) is 2.48. The van der Waals surface area contributed by atoms with Crippen molar-refractivity contribution in [3.05, 3.63) is 71.8 Å². The molecule has 0 radical (unpaired) electrons. The molecular formula is C19H16N2O. The Morgan fingerprint density at radius 2 is 1.68 bits per heavy atom. The van der Waals surface area contributed by atoms with Gasteiger partial charge in [0, 0.05) is 18.9 Å². The molecule has 1 atom stereocenters. The molecular weight excluding hydrogens is 272 g/mol. The second-order valence-electron chi connectivity index (χ2n) is 5.16. The lowest BCUT2D eigenvalue weighted by Crippen LogP contribution is -2.24. The average molecular weight is 288 g/mol. The fraction of sp³-hybridized carbons (Fsp3) is 0.158. The average Bonchev–Trinajstić information content (AvgIpc) is 2.99. The van der Waals surface area contributed by atoms with Crippen molar-refractivity contribution >= 4 is 11.6 Å². The van der Waals surface area contributed by atoms with E-state index >= 15 is 0 Å². The Morgan fingerprint density at radius 3 is 2.32 bits per heavy atom. The van der Waals surface area contributed by atoms with Crippen LogP contribution in [0.15, 0.2) is 65.8 Å². The SMILES string of the molecule is CC(=O)N1N=C(C#Cc2ccccc2)CC1c1ccccc1. The molecule has 0 saturated carbocycles. The van der Waals surface area contributed by atoms with Crippen LogP contribution in [-0.2, 0) is 4.79 Å². The molecule has 1 unspecified atom stereocenters. The summed E-state index contributed by atoms with van der Waals surface area (Å²) in [4.78, 5) is 11.8. The van der Waals surface area contributed by atoms with Gasteiger partial charge in [0.05, 0.1) is 6.04 Å². The number of rotatable bonds is 1. The van der Waals surface area contributed by atoms with Gasteiger partial charge in [-0.05, 0) is 23.6 Å². The first kappa shape index (κ1) is 14.1. The van der Waals surface area contributed by atoms with Crippen LogP contribution in [0.2, 0.25) is 0 Å². The molecule has 3 heteroatoms. The molecule has 1 aliphatic heterocycles. The minimum Gasteiger partial charge on any atom is -0.273 e. The zero-order chi connectivity index (χ0) is 15.4. The van der Waals surface area contributed by atoms with E-state index in [4.69, 9.17) is 0 Å². The van der Waals surface area contributed by atoms with Crippen molar-refractivity contribution in [1.82, 2.24) is 5.01 Å². The second kappa shape index (κ2) is 6.28. The summed E-state index contributed by atoms with van der Waals surface area (Å²) in [7, 11) is 0. The molecule has 0 aliphatic carbocycles. The Labute approximate surface area is 130 Å². The fourth-order valence-corrected chi connectivity index (χ4v) is 2.48. The van der Waals surface area contributed by atoms with Crippen molar-refractivity contribution in [2.45, 2.75) is 19.4 Å². The van der Waals surface area contributed by atoms with Crippen molar-refractivity contribution < 1.29 is 4.79 Å². The number of carbonyl (C=O) groups excluding carboxylic acids is 1. The highest BCUT2D eigenvalue weighted by Gasteiger charge is 2.29. The molecule has 1 heterocycles. The maximum Gasteiger partial charge on any atom is 0.240 e. The lowest BCUT2D eigenvalue weighted by Gasteiger charge is -2.20. The lowest BCUT2D eigenvalue weighted by molar-refractivity contribution is -0.130. The summed E-state index contributed by atoms with van der Waals surface area (Å²) in [5, 5.41) is 5.92. The number of hydrazone groups is 1. The van der Waals surface area contributed by atoms with Crippen LogP contribution >= 0.6 is 0 Å². The van der Waals surface area contributed by atoms with Gasteiger partial charge in [-0.15, -0.1) is 0 Å². The van der Waals surface area contributed by atoms with Gasteiger partial charge in [-0.1, -0.05) is 54.5 Å². The molecule has 3 nitrogen and oxygen atoms in total. The van der Waals surface area contributed by atoms with Crippen molar-refractivity contribution in [1.29, 1.82) is 0 Å². The lowest BCUT2D eigenvalue weighted by atomic mass is 10.0. The molecule has 0 fully saturated rings. The molecule has 3 rings (SSSR count). The molecule has 0 saturated heterocycles. The van der Waals surface area contributed by atoms with Gasteiger partial charge in [0.15, 0.2) is 0 Å². The van der Waals surface area contributed by atoms with Crippen LogP contribution in [-0.4, -0.2) is 16.6 Å². The largest absolute Gasteiger partial charge is 0.273 e. The third-order valence-corrected chi connectivity index (χ3v) is 3.54. The highest BCUT2D eigenvalue weighted by atomic mass is 16.2. The van der Waals surface area contributed by atoms with E-state index in [1.54, 1.807) is 0 Å². The Bertz CT molecular complexity index is 754. The first-order chi connectivity index (χ1) is 10.7. The molecule has 2 aromatic carbocycles. The van der Waals surface area contributed by atoms with E-state index in [1.807, 2.05) is 60.7 Å². The Kier molecular flexibility index (Phi) is 4.02. The third-order valence-electron chi connectivity index (χ3n) is 3.54. The van der Waals surface area contributed by atoms with Crippen LogP contribution in [0.1, 0.15) is 30.5 Å². The summed E-state index contributed by atoms with van der Waals surface area (Å²) in [5.41, 5.74) is 2.77. The smallest absolute Gasteiger partial charge is 0.240 e. The van der Waals surface area contributed by atoms with E-state index in [0.717, 1.165) is 16.8 Å². The van der Waals surface area contributed by atoms with E-state index < -0.39 is 0 Å². The van der Waals surface area contributed by atoms with Crippen molar-refractivity contribution in [3.8, 4) is 11.8 Å². The summed E-state index contributed by atoms with van der Waals surface area (Å²) in [6.45, 7) is 1.53. The minimum atomic E-state index is -0.0645. The first-order valence-electron chi connectivity index (χ1n) is 7.23. The number of amides is 1. The van der Waals surface area contributed by atoms with Crippen LogP contribution in [0.3, 0.4) is 0 Å². The van der Waals surface area contributed by atoms with Gasteiger partial charge in [0.2, 0.25) is 5.91 Å². The van der Waals surface area contributed by atoms with Gasteiger partial charge in [-0.25, -0.2) is 5.01 Å². The van der Waals surface area contributed by atoms with Gasteiger partial charge >= 0.3 is 0 Å². The summed E-state index contributed by atoms with van der Waals surface area (Å²) in [6, 6.07) is 19.7. The first-order valence-corrected chi connectivity index (χ1v) is 7.23. The predicted octanol–water partition coefficient (Wildman–Crippen LogP) is 3.39. The number of hydrogen-bond acceptors (Lipinski definition) is 2. The monoisotopic (exact) mass is 288 g/mol. The number of nitrogens with zero attached hydrogens (tertiary/aromatic N) is 2. The normalized spacial score (nSPS) is 16.7. The Morgan fingerprint density at radius 1 is 1.05 bits per heavy atom. The molecule has 1 amide bonds. The van der Waals surface area contributed by atoms with Crippen LogP contribution in [0.5, 0.6) is 0 Å². The Balaban J connectivity index is 1.85. The molecule has 22 heavy (non-hydrogen) atoms. The molecule has 0 bridgehead atoms. The van der Waals surface area contributed by atoms with Gasteiger partial charge in [0.25, 0.3) is 0 Å². The van der Waals surface area contributed by atoms with Gasteiger partial charge in [0.1, 0.15) is 5.71 Å². The second-order valence-corrected chi connectivity index (χ2v) is 5.16. The molecule has 0 N–H and O–H groups in total. The summed E-state index contributed by atoms with van der Waals surface area (Å²) in [6.07, 6.45) is 0.656.